The fraction of sp³-hybridized carbons (Fsp3) is 0.861. The first kappa shape index (κ1) is 31.4. The average molecular weight is 581 g/mol. The van der Waals surface area contributed by atoms with Crippen LogP contribution in [0.2, 0.25) is 0 Å². The number of Topliss-reactive ketones (excluding diaryl/α,β-unsaturated/α-hetero) is 1. The Morgan fingerprint density at radius 2 is 1.69 bits per heavy atom. The van der Waals surface area contributed by atoms with E-state index in [0.29, 0.717) is 42.7 Å². The Kier molecular flexibility index (Phi) is 7.28. The first-order valence-corrected chi connectivity index (χ1v) is 16.6. The summed E-state index contributed by atoms with van der Waals surface area (Å²) in [4.78, 5) is 31.4. The van der Waals surface area contributed by atoms with E-state index in [-0.39, 0.29) is 57.2 Å². The number of nitrogens with zero attached hydrogens (tertiary/aromatic N) is 1. The molecule has 0 heterocycles. The largest absolute Gasteiger partial charge is 0.523 e. The molecule has 0 spiro atoms. The molecule has 1 amide bonds. The second-order valence-electron chi connectivity index (χ2n) is 17.6. The van der Waals surface area contributed by atoms with Crippen LogP contribution in [-0.2, 0) is 9.53 Å². The second kappa shape index (κ2) is 9.73. The van der Waals surface area contributed by atoms with Crippen molar-refractivity contribution in [3.8, 4) is 0 Å². The second-order valence-corrected chi connectivity index (χ2v) is 17.6. The highest BCUT2D eigenvalue weighted by atomic mass is 16.6. The summed E-state index contributed by atoms with van der Waals surface area (Å²) in [6, 6.07) is 0. The molecule has 4 fully saturated rings. The van der Waals surface area contributed by atoms with E-state index in [9.17, 15) is 14.7 Å². The maximum atomic E-state index is 14.8. The Balaban J connectivity index is 1.54. The third kappa shape index (κ3) is 4.29. The fourth-order valence-electron chi connectivity index (χ4n) is 11.8. The summed E-state index contributed by atoms with van der Waals surface area (Å²) < 4.78 is 5.63. The number of amides is 1. The van der Waals surface area contributed by atoms with E-state index in [1.807, 2.05) is 20.8 Å². The quantitative estimate of drug-likeness (QED) is 0.320. The minimum Gasteiger partial charge on any atom is -0.523 e. The van der Waals surface area contributed by atoms with Gasteiger partial charge in [0.1, 0.15) is 17.1 Å². The van der Waals surface area contributed by atoms with Crippen molar-refractivity contribution < 1.29 is 19.4 Å². The van der Waals surface area contributed by atoms with Crippen LogP contribution >= 0.6 is 0 Å². The van der Waals surface area contributed by atoms with E-state index in [1.165, 1.54) is 0 Å². The smallest absolute Gasteiger partial charge is 0.407 e. The van der Waals surface area contributed by atoms with E-state index in [4.69, 9.17) is 11.3 Å². The minimum atomic E-state index is -0.550. The Bertz CT molecular complexity index is 1220. The molecule has 10 atom stereocenters. The van der Waals surface area contributed by atoms with Gasteiger partial charge in [-0.1, -0.05) is 48.5 Å². The normalized spacial score (nSPS) is 46.4. The summed E-state index contributed by atoms with van der Waals surface area (Å²) in [7, 11) is 0. The zero-order valence-electron chi connectivity index (χ0n) is 27.9. The molecule has 5 aliphatic carbocycles. The lowest BCUT2D eigenvalue weighted by atomic mass is 9.31. The van der Waals surface area contributed by atoms with Gasteiger partial charge in [0.25, 0.3) is 0 Å². The molecule has 0 bridgehead atoms. The van der Waals surface area contributed by atoms with Gasteiger partial charge in [-0.3, -0.25) is 4.79 Å². The number of allylic oxidation sites excluding steroid dienone is 2. The molecule has 5 aliphatic rings. The number of hydrogen-bond donors (Lipinski definition) is 2. The van der Waals surface area contributed by atoms with Crippen molar-refractivity contribution in [3.05, 3.63) is 22.9 Å². The van der Waals surface area contributed by atoms with Crippen molar-refractivity contribution in [1.82, 2.24) is 5.32 Å². The van der Waals surface area contributed by atoms with Gasteiger partial charge in [0.05, 0.1) is 6.57 Å². The van der Waals surface area contributed by atoms with Crippen molar-refractivity contribution >= 4 is 11.9 Å². The summed E-state index contributed by atoms with van der Waals surface area (Å²) in [6.45, 7) is 30.3. The molecule has 0 aliphatic heterocycles. The van der Waals surface area contributed by atoms with Gasteiger partial charge in [0.15, 0.2) is 0 Å². The first-order chi connectivity index (χ1) is 19.3. The van der Waals surface area contributed by atoms with Gasteiger partial charge in [0, 0.05) is 24.3 Å². The number of ketones is 1. The van der Waals surface area contributed by atoms with E-state index < -0.39 is 11.0 Å². The summed E-state index contributed by atoms with van der Waals surface area (Å²) in [6.07, 6.45) is 6.94. The molecule has 0 saturated heterocycles. The number of carbonyl (C=O) groups is 2. The summed E-state index contributed by atoms with van der Waals surface area (Å²) in [5, 5.41) is 14.3. The lowest BCUT2D eigenvalue weighted by molar-refractivity contribution is -0.234. The Morgan fingerprint density at radius 1 is 1.02 bits per heavy atom. The van der Waals surface area contributed by atoms with E-state index >= 15 is 0 Å². The molecule has 0 unspecified atom stereocenters. The van der Waals surface area contributed by atoms with Crippen molar-refractivity contribution in [2.45, 2.75) is 126 Å². The van der Waals surface area contributed by atoms with Crippen molar-refractivity contribution in [2.24, 2.45) is 62.6 Å². The predicted molar refractivity (Wildman–Crippen MR) is 165 cm³/mol. The predicted octanol–water partition coefficient (Wildman–Crippen LogP) is 8.73. The van der Waals surface area contributed by atoms with Gasteiger partial charge in [-0.15, -0.1) is 0 Å². The standard InChI is InChI=1S/C36H56N2O4/c1-21-12-15-36(20-38-30(41)42-31(3,4)5)17-16-35(10)28(27(36)22(21)2)24(39)18-26-33(8)19-23(37-11)29(40)32(6,7)25(33)13-14-34(26,35)9/h21-22,25-28,40H,12-20H2,1-10H3,(H,38,41)/t21-,22+,25+,26-,27+,28-,33+,34-,35-,36-/m1/s1. The molecule has 5 rings (SSSR count). The molecule has 4 saturated carbocycles. The highest BCUT2D eigenvalue weighted by Gasteiger charge is 2.72. The van der Waals surface area contributed by atoms with Crippen LogP contribution in [0.4, 0.5) is 4.79 Å². The molecule has 0 aromatic rings. The number of hydrogen-bond acceptors (Lipinski definition) is 4. The average Bonchev–Trinajstić information content (AvgIpc) is 2.88. The number of aliphatic hydroxyl groups is 1. The zero-order chi connectivity index (χ0) is 31.3. The SMILES string of the molecule is [C-]#[N+]C1=C(O)C(C)(C)[C@@H]2CC[C@]3(C)[C@H](CC(=O)[C@@H]4[C@@H]5[C@@H](C)[C@H](C)CC[C@]5(CNC(=O)OC(C)(C)C)CC[C@]43C)[C@@]2(C)C1. The molecular weight excluding hydrogens is 524 g/mol. The Morgan fingerprint density at radius 3 is 2.31 bits per heavy atom. The zero-order valence-corrected chi connectivity index (χ0v) is 27.9. The lowest BCUT2D eigenvalue weighted by Gasteiger charge is -2.73. The highest BCUT2D eigenvalue weighted by molar-refractivity contribution is 5.84. The third-order valence-electron chi connectivity index (χ3n) is 14.2. The maximum Gasteiger partial charge on any atom is 0.407 e. The van der Waals surface area contributed by atoms with E-state index in [0.717, 1.165) is 38.5 Å². The lowest BCUT2D eigenvalue weighted by Crippen LogP contribution is -2.69. The van der Waals surface area contributed by atoms with Crippen molar-refractivity contribution in [1.29, 1.82) is 0 Å². The summed E-state index contributed by atoms with van der Waals surface area (Å²) in [5.74, 6) is 2.17. The minimum absolute atomic E-state index is 0.0354. The summed E-state index contributed by atoms with van der Waals surface area (Å²) >= 11 is 0. The van der Waals surface area contributed by atoms with Gasteiger partial charge in [-0.2, -0.15) is 0 Å². The highest BCUT2D eigenvalue weighted by Crippen LogP contribution is 2.76. The Labute approximate surface area is 254 Å². The molecule has 42 heavy (non-hydrogen) atoms. The van der Waals surface area contributed by atoms with Crippen LogP contribution in [0.25, 0.3) is 4.85 Å². The first-order valence-electron chi connectivity index (χ1n) is 16.6. The van der Waals surface area contributed by atoms with Gasteiger partial charge < -0.3 is 15.2 Å². The molecular formula is C36H56N2O4. The van der Waals surface area contributed by atoms with Crippen LogP contribution < -0.4 is 5.32 Å². The van der Waals surface area contributed by atoms with Crippen LogP contribution in [0.5, 0.6) is 0 Å². The van der Waals surface area contributed by atoms with E-state index in [2.05, 4.69) is 58.6 Å². The molecule has 0 aromatic heterocycles. The molecule has 0 aromatic carbocycles. The van der Waals surface area contributed by atoms with Gasteiger partial charge in [-0.05, 0) is 117 Å². The van der Waals surface area contributed by atoms with E-state index in [1.54, 1.807) is 0 Å². The number of carbonyl (C=O) groups excluding carboxylic acids is 2. The van der Waals surface area contributed by atoms with Crippen molar-refractivity contribution in [2.75, 3.05) is 6.54 Å². The summed E-state index contributed by atoms with van der Waals surface area (Å²) in [5.41, 5.74) is -1.05. The monoisotopic (exact) mass is 580 g/mol. The van der Waals surface area contributed by atoms with Gasteiger partial charge >= 0.3 is 6.09 Å². The maximum absolute atomic E-state index is 14.8. The number of fused-ring (bicyclic) bond motifs is 7. The van der Waals surface area contributed by atoms with Crippen LogP contribution in [0.15, 0.2) is 11.5 Å². The number of rotatable bonds is 2. The van der Waals surface area contributed by atoms with Crippen LogP contribution in [0, 0.1) is 69.2 Å². The van der Waals surface area contributed by atoms with Gasteiger partial charge in [-0.25, -0.2) is 9.64 Å². The fourth-order valence-corrected chi connectivity index (χ4v) is 11.8. The third-order valence-corrected chi connectivity index (χ3v) is 14.2. The molecule has 2 N–H and O–H groups in total. The number of alkyl carbamates (subject to hydrolysis) is 1. The molecule has 6 nitrogen and oxygen atoms in total. The molecule has 234 valence electrons. The van der Waals surface area contributed by atoms with Crippen LogP contribution in [0.3, 0.4) is 0 Å². The number of aliphatic hydroxyl groups excluding tert-OH is 1. The molecule has 6 heteroatoms. The number of nitrogens with one attached hydrogen (secondary N) is 1. The van der Waals surface area contributed by atoms with Gasteiger partial charge in [0.2, 0.25) is 5.70 Å². The topological polar surface area (TPSA) is 80.0 Å². The number of ether oxygens (including phenoxy) is 1. The molecule has 0 radical (unpaired) electrons. The Hall–Kier alpha value is -2.03. The van der Waals surface area contributed by atoms with Crippen molar-refractivity contribution in [3.63, 3.8) is 0 Å². The van der Waals surface area contributed by atoms with Crippen LogP contribution in [-0.4, -0.2) is 29.1 Å². The van der Waals surface area contributed by atoms with Crippen LogP contribution in [0.1, 0.15) is 121 Å².